The Labute approximate surface area is 147 Å². The first-order chi connectivity index (χ1) is 12.5. The van der Waals surface area contributed by atoms with Crippen LogP contribution in [-0.4, -0.2) is 21.6 Å². The summed E-state index contributed by atoms with van der Waals surface area (Å²) in [5.74, 6) is 1.34. The first kappa shape index (κ1) is 16.7. The Morgan fingerprint density at radius 3 is 2.85 bits per heavy atom. The van der Waals surface area contributed by atoms with Crippen molar-refractivity contribution in [3.8, 4) is 5.75 Å². The Morgan fingerprint density at radius 1 is 1.27 bits per heavy atom. The third-order valence-corrected chi connectivity index (χ3v) is 4.73. The number of para-hydroxylation sites is 1. The second-order valence-electron chi connectivity index (χ2n) is 6.30. The van der Waals surface area contributed by atoms with E-state index in [1.165, 1.54) is 6.33 Å². The molecular weight excluding hydrogens is 345 g/mol. The number of H-pyrrole nitrogens is 1. The number of hydrogen-bond acceptors (Lipinski definition) is 4. The lowest BCUT2D eigenvalue weighted by Crippen LogP contribution is -2.30. The molecule has 0 spiro atoms. The average molecular weight is 362 g/mol. The fourth-order valence-corrected chi connectivity index (χ4v) is 3.32. The van der Waals surface area contributed by atoms with Gasteiger partial charge in [-0.1, -0.05) is 25.1 Å². The topological polar surface area (TPSA) is 62.8 Å². The third kappa shape index (κ3) is 2.85. The molecule has 0 amide bonds. The first-order valence-corrected chi connectivity index (χ1v) is 8.36. The van der Waals surface area contributed by atoms with Crippen LogP contribution < -0.4 is 10.1 Å². The summed E-state index contributed by atoms with van der Waals surface area (Å²) >= 11 is 0. The van der Waals surface area contributed by atoms with Crippen molar-refractivity contribution in [2.45, 2.75) is 25.6 Å². The van der Waals surface area contributed by atoms with Gasteiger partial charge in [0.05, 0.1) is 18.0 Å². The van der Waals surface area contributed by atoms with Crippen LogP contribution in [0.4, 0.5) is 19.0 Å². The fraction of sp³-hybridized carbons (Fsp3) is 0.333. The molecule has 2 aromatic heterocycles. The highest BCUT2D eigenvalue weighted by atomic mass is 19.4. The predicted molar refractivity (Wildman–Crippen MR) is 91.0 cm³/mol. The summed E-state index contributed by atoms with van der Waals surface area (Å²) in [5, 5.41) is 3.65. The monoisotopic (exact) mass is 362 g/mol. The summed E-state index contributed by atoms with van der Waals surface area (Å²) in [6.07, 6.45) is -2.34. The molecule has 1 aromatic carbocycles. The number of nitrogens with one attached hydrogen (secondary N) is 2. The van der Waals surface area contributed by atoms with Gasteiger partial charge in [-0.05, 0) is 18.6 Å². The molecule has 0 saturated carbocycles. The van der Waals surface area contributed by atoms with Crippen LogP contribution in [0.1, 0.15) is 30.6 Å². The number of aromatic nitrogens is 3. The Hall–Kier alpha value is -2.77. The minimum Gasteiger partial charge on any atom is -0.493 e. The second-order valence-corrected chi connectivity index (χ2v) is 6.30. The fourth-order valence-electron chi connectivity index (χ4n) is 3.32. The van der Waals surface area contributed by atoms with Gasteiger partial charge in [0.25, 0.3) is 0 Å². The first-order valence-electron chi connectivity index (χ1n) is 8.36. The molecule has 1 aliphatic rings. The van der Waals surface area contributed by atoms with E-state index in [1.54, 1.807) is 0 Å². The number of benzene rings is 1. The smallest absolute Gasteiger partial charge is 0.431 e. The molecule has 0 bridgehead atoms. The summed E-state index contributed by atoms with van der Waals surface area (Å²) in [6, 6.07) is 8.61. The number of anilines is 1. The van der Waals surface area contributed by atoms with Crippen molar-refractivity contribution >= 4 is 16.9 Å². The van der Waals surface area contributed by atoms with E-state index in [4.69, 9.17) is 4.74 Å². The van der Waals surface area contributed by atoms with Gasteiger partial charge in [0, 0.05) is 11.5 Å². The van der Waals surface area contributed by atoms with Gasteiger partial charge in [0.1, 0.15) is 29.2 Å². The van der Waals surface area contributed by atoms with Crippen molar-refractivity contribution in [2.24, 2.45) is 5.92 Å². The zero-order valence-electron chi connectivity index (χ0n) is 14.0. The lowest BCUT2D eigenvalue weighted by Gasteiger charge is -2.34. The van der Waals surface area contributed by atoms with Crippen molar-refractivity contribution < 1.29 is 17.9 Å². The lowest BCUT2D eigenvalue weighted by atomic mass is 9.88. The van der Waals surface area contributed by atoms with Crippen LogP contribution in [0.15, 0.2) is 36.7 Å². The number of hydrogen-bond donors (Lipinski definition) is 2. The molecule has 3 heterocycles. The van der Waals surface area contributed by atoms with Gasteiger partial charge in [-0.25, -0.2) is 9.97 Å². The summed E-state index contributed by atoms with van der Waals surface area (Å²) in [5.41, 5.74) is 0.294. The van der Waals surface area contributed by atoms with Crippen molar-refractivity contribution in [3.05, 3.63) is 47.9 Å². The van der Waals surface area contributed by atoms with E-state index >= 15 is 0 Å². The molecule has 8 heteroatoms. The standard InChI is InChI=1S/C18H17F3N4O/c1-2-10-8-26-13-6-4-3-5-11(13)15(10)25-17-12-7-14(18(19,20)21)24-16(12)22-9-23-17/h3-7,9-10,15H,2,8H2,1H3,(H2,22,23,24,25)/t10-,15+/m0/s1. The van der Waals surface area contributed by atoms with Gasteiger partial charge in [0.2, 0.25) is 0 Å². The molecule has 26 heavy (non-hydrogen) atoms. The maximum atomic E-state index is 13.0. The minimum absolute atomic E-state index is 0.104. The average Bonchev–Trinajstić information content (AvgIpc) is 3.08. The maximum absolute atomic E-state index is 13.0. The Kier molecular flexibility index (Phi) is 3.97. The summed E-state index contributed by atoms with van der Waals surface area (Å²) in [4.78, 5) is 10.4. The zero-order valence-corrected chi connectivity index (χ0v) is 14.0. The normalized spacial score (nSPS) is 19.8. The molecular formula is C18H17F3N4O. The summed E-state index contributed by atoms with van der Waals surface area (Å²) < 4.78 is 44.8. The number of alkyl halides is 3. The molecule has 2 atom stereocenters. The number of fused-ring (bicyclic) bond motifs is 2. The van der Waals surface area contributed by atoms with E-state index < -0.39 is 11.9 Å². The highest BCUT2D eigenvalue weighted by molar-refractivity contribution is 5.88. The van der Waals surface area contributed by atoms with Crippen LogP contribution in [0.2, 0.25) is 0 Å². The SMILES string of the molecule is CC[C@H]1COc2ccccc2[C@@H]1Nc1ncnc2[nH]c(C(F)(F)F)cc12. The van der Waals surface area contributed by atoms with Crippen LogP contribution in [0, 0.1) is 5.92 Å². The van der Waals surface area contributed by atoms with Crippen LogP contribution in [0.25, 0.3) is 11.0 Å². The Morgan fingerprint density at radius 2 is 2.08 bits per heavy atom. The van der Waals surface area contributed by atoms with Crippen LogP contribution >= 0.6 is 0 Å². The second kappa shape index (κ2) is 6.19. The number of rotatable bonds is 3. The van der Waals surface area contributed by atoms with Crippen molar-refractivity contribution in [1.82, 2.24) is 15.0 Å². The van der Waals surface area contributed by atoms with E-state index in [-0.39, 0.29) is 17.6 Å². The maximum Gasteiger partial charge on any atom is 0.431 e. The molecule has 0 aliphatic carbocycles. The summed E-state index contributed by atoms with van der Waals surface area (Å²) in [6.45, 7) is 2.60. The van der Waals surface area contributed by atoms with Gasteiger partial charge in [-0.3, -0.25) is 0 Å². The van der Waals surface area contributed by atoms with Crippen LogP contribution in [0.5, 0.6) is 5.75 Å². The molecule has 2 N–H and O–H groups in total. The van der Waals surface area contributed by atoms with E-state index in [0.29, 0.717) is 17.8 Å². The summed E-state index contributed by atoms with van der Waals surface area (Å²) in [7, 11) is 0. The largest absolute Gasteiger partial charge is 0.493 e. The van der Waals surface area contributed by atoms with Gasteiger partial charge >= 0.3 is 6.18 Å². The highest BCUT2D eigenvalue weighted by Gasteiger charge is 2.34. The Bertz CT molecular complexity index is 938. The van der Waals surface area contributed by atoms with Gasteiger partial charge in [-0.2, -0.15) is 13.2 Å². The molecule has 0 fully saturated rings. The third-order valence-electron chi connectivity index (χ3n) is 4.73. The van der Waals surface area contributed by atoms with Gasteiger partial charge < -0.3 is 15.0 Å². The molecule has 4 rings (SSSR count). The van der Waals surface area contributed by atoms with E-state index in [1.807, 2.05) is 24.3 Å². The number of ether oxygens (including phenoxy) is 1. The molecule has 0 unspecified atom stereocenters. The van der Waals surface area contributed by atoms with Gasteiger partial charge in [0.15, 0.2) is 0 Å². The van der Waals surface area contributed by atoms with Crippen LogP contribution in [0.3, 0.4) is 0 Å². The number of halogens is 3. The highest BCUT2D eigenvalue weighted by Crippen LogP contribution is 2.40. The molecule has 0 radical (unpaired) electrons. The van der Waals surface area contributed by atoms with E-state index in [0.717, 1.165) is 23.8 Å². The molecule has 136 valence electrons. The molecule has 3 aromatic rings. The van der Waals surface area contributed by atoms with Crippen molar-refractivity contribution in [3.63, 3.8) is 0 Å². The lowest BCUT2D eigenvalue weighted by molar-refractivity contribution is -0.140. The quantitative estimate of drug-likeness (QED) is 0.718. The Balaban J connectivity index is 1.76. The van der Waals surface area contributed by atoms with Crippen LogP contribution in [-0.2, 0) is 6.18 Å². The number of aromatic amines is 1. The van der Waals surface area contributed by atoms with Crippen molar-refractivity contribution in [1.29, 1.82) is 0 Å². The molecule has 0 saturated heterocycles. The van der Waals surface area contributed by atoms with Crippen molar-refractivity contribution in [2.75, 3.05) is 11.9 Å². The van der Waals surface area contributed by atoms with E-state index in [9.17, 15) is 13.2 Å². The molecule has 5 nitrogen and oxygen atoms in total. The minimum atomic E-state index is -4.46. The van der Waals surface area contributed by atoms with E-state index in [2.05, 4.69) is 27.2 Å². The molecule has 1 aliphatic heterocycles. The zero-order chi connectivity index (χ0) is 18.3. The van der Waals surface area contributed by atoms with Gasteiger partial charge in [-0.15, -0.1) is 0 Å². The number of nitrogens with zero attached hydrogens (tertiary/aromatic N) is 2. The predicted octanol–water partition coefficient (Wildman–Crippen LogP) is 4.55.